The van der Waals surface area contributed by atoms with E-state index in [0.717, 1.165) is 12.1 Å². The first-order valence-electron chi connectivity index (χ1n) is 5.44. The van der Waals surface area contributed by atoms with Crippen LogP contribution in [0.2, 0.25) is 0 Å². The van der Waals surface area contributed by atoms with Gasteiger partial charge in [-0.1, -0.05) is 6.07 Å². The Labute approximate surface area is 94.6 Å². The number of amides is 1. The Balaban J connectivity index is 1.80. The molecule has 5 heteroatoms. The number of rotatable bonds is 3. The molecule has 1 aliphatic rings. The Morgan fingerprint density at radius 3 is 3.06 bits per heavy atom. The molecule has 0 aliphatic carbocycles. The van der Waals surface area contributed by atoms with Gasteiger partial charge >= 0.3 is 0 Å². The second-order valence-corrected chi connectivity index (χ2v) is 4.02. The molecule has 1 aromatic heterocycles. The molecule has 2 heterocycles. The average Bonchev–Trinajstić information content (AvgIpc) is 2.74. The van der Waals surface area contributed by atoms with Gasteiger partial charge in [-0.25, -0.2) is 5.43 Å². The van der Waals surface area contributed by atoms with E-state index < -0.39 is 0 Å². The lowest BCUT2D eigenvalue weighted by Gasteiger charge is -2.09. The number of carbonyl (C=O) groups is 1. The Morgan fingerprint density at radius 1 is 1.56 bits per heavy atom. The van der Waals surface area contributed by atoms with Crippen LogP contribution in [-0.2, 0) is 11.3 Å². The van der Waals surface area contributed by atoms with Crippen molar-refractivity contribution in [2.75, 3.05) is 0 Å². The van der Waals surface area contributed by atoms with Crippen LogP contribution in [0.15, 0.2) is 24.4 Å². The fourth-order valence-corrected chi connectivity index (χ4v) is 1.69. The molecule has 3 N–H and O–H groups in total. The Hall–Kier alpha value is -1.46. The van der Waals surface area contributed by atoms with Gasteiger partial charge in [-0.2, -0.15) is 0 Å². The highest BCUT2D eigenvalue weighted by Crippen LogP contribution is 2.04. The Bertz CT molecular complexity index is 354. The second kappa shape index (κ2) is 5.05. The van der Waals surface area contributed by atoms with Gasteiger partial charge in [0, 0.05) is 12.2 Å². The minimum Gasteiger partial charge on any atom is -0.349 e. The van der Waals surface area contributed by atoms with Crippen LogP contribution in [0.3, 0.4) is 0 Å². The zero-order chi connectivity index (χ0) is 11.4. The summed E-state index contributed by atoms with van der Waals surface area (Å²) >= 11 is 0. The molecule has 2 rings (SSSR count). The molecular weight excluding hydrogens is 204 g/mol. The van der Waals surface area contributed by atoms with Gasteiger partial charge in [-0.05, 0) is 25.5 Å². The first-order chi connectivity index (χ1) is 7.75. The van der Waals surface area contributed by atoms with Gasteiger partial charge in [0.05, 0.1) is 12.2 Å². The summed E-state index contributed by atoms with van der Waals surface area (Å²) < 4.78 is 0. The van der Waals surface area contributed by atoms with E-state index in [1.54, 1.807) is 6.20 Å². The third-order valence-corrected chi connectivity index (χ3v) is 2.58. The number of nitrogens with zero attached hydrogens (tertiary/aromatic N) is 1. The van der Waals surface area contributed by atoms with E-state index in [1.807, 2.05) is 25.1 Å². The monoisotopic (exact) mass is 220 g/mol. The van der Waals surface area contributed by atoms with Crippen LogP contribution in [0.4, 0.5) is 0 Å². The van der Waals surface area contributed by atoms with E-state index in [1.165, 1.54) is 0 Å². The molecule has 0 aromatic carbocycles. The van der Waals surface area contributed by atoms with E-state index in [9.17, 15) is 4.79 Å². The molecule has 0 saturated carbocycles. The molecule has 0 spiro atoms. The predicted octanol–water partition coefficient (Wildman–Crippen LogP) is -0.0472. The van der Waals surface area contributed by atoms with Crippen molar-refractivity contribution in [3.63, 3.8) is 0 Å². The first-order valence-corrected chi connectivity index (χ1v) is 5.44. The number of hydrogen-bond acceptors (Lipinski definition) is 4. The number of hydrogen-bond donors (Lipinski definition) is 3. The molecular formula is C11H16N4O. The van der Waals surface area contributed by atoms with Crippen molar-refractivity contribution < 1.29 is 4.79 Å². The third-order valence-electron chi connectivity index (χ3n) is 2.58. The lowest BCUT2D eigenvalue weighted by atomic mass is 10.1. The summed E-state index contributed by atoms with van der Waals surface area (Å²) in [6.07, 6.45) is 2.53. The first kappa shape index (κ1) is 11.0. The van der Waals surface area contributed by atoms with Crippen molar-refractivity contribution in [1.29, 1.82) is 0 Å². The van der Waals surface area contributed by atoms with Gasteiger partial charge in [0.15, 0.2) is 0 Å². The minimum atomic E-state index is -0.140. The summed E-state index contributed by atoms with van der Waals surface area (Å²) in [4.78, 5) is 15.9. The van der Waals surface area contributed by atoms with Crippen molar-refractivity contribution in [3.05, 3.63) is 30.1 Å². The number of hydrazine groups is 1. The van der Waals surface area contributed by atoms with Crippen LogP contribution in [0.5, 0.6) is 0 Å². The summed E-state index contributed by atoms with van der Waals surface area (Å²) in [6.45, 7) is 2.52. The van der Waals surface area contributed by atoms with Crippen molar-refractivity contribution in [2.24, 2.45) is 0 Å². The normalized spacial score (nSPS) is 24.3. The number of aromatic nitrogens is 1. The van der Waals surface area contributed by atoms with Crippen molar-refractivity contribution in [3.8, 4) is 0 Å². The number of nitrogens with one attached hydrogen (secondary N) is 3. The molecule has 2 unspecified atom stereocenters. The maximum atomic E-state index is 11.7. The van der Waals surface area contributed by atoms with Crippen LogP contribution in [0, 0.1) is 0 Å². The van der Waals surface area contributed by atoms with Gasteiger partial charge in [0.1, 0.15) is 6.04 Å². The topological polar surface area (TPSA) is 66.0 Å². The SMILES string of the molecule is CC1CC(C(=O)NCc2ccccn2)NN1. The van der Waals surface area contributed by atoms with Crippen LogP contribution in [0.1, 0.15) is 19.0 Å². The van der Waals surface area contributed by atoms with Gasteiger partial charge < -0.3 is 5.32 Å². The zero-order valence-electron chi connectivity index (χ0n) is 9.23. The molecule has 1 aliphatic heterocycles. The average molecular weight is 220 g/mol. The molecule has 1 saturated heterocycles. The molecule has 2 atom stereocenters. The van der Waals surface area contributed by atoms with Crippen molar-refractivity contribution >= 4 is 5.91 Å². The van der Waals surface area contributed by atoms with E-state index in [-0.39, 0.29) is 11.9 Å². The smallest absolute Gasteiger partial charge is 0.238 e. The fourth-order valence-electron chi connectivity index (χ4n) is 1.69. The van der Waals surface area contributed by atoms with Gasteiger partial charge in [0.25, 0.3) is 0 Å². The molecule has 86 valence electrons. The van der Waals surface area contributed by atoms with Gasteiger partial charge in [0.2, 0.25) is 5.91 Å². The standard InChI is InChI=1S/C11H16N4O/c1-8-6-10(15-14-8)11(16)13-7-9-4-2-3-5-12-9/h2-5,8,10,14-15H,6-7H2,1H3,(H,13,16). The number of pyridine rings is 1. The Morgan fingerprint density at radius 2 is 2.44 bits per heavy atom. The third kappa shape index (κ3) is 2.77. The van der Waals surface area contributed by atoms with Crippen LogP contribution in [0.25, 0.3) is 0 Å². The zero-order valence-corrected chi connectivity index (χ0v) is 9.23. The van der Waals surface area contributed by atoms with Crippen molar-refractivity contribution in [2.45, 2.75) is 32.0 Å². The molecule has 1 aromatic rings. The number of carbonyl (C=O) groups excluding carboxylic acids is 1. The van der Waals surface area contributed by atoms with Crippen molar-refractivity contribution in [1.82, 2.24) is 21.2 Å². The van der Waals surface area contributed by atoms with E-state index in [2.05, 4.69) is 21.2 Å². The lowest BCUT2D eigenvalue weighted by Crippen LogP contribution is -2.43. The molecule has 1 fully saturated rings. The summed E-state index contributed by atoms with van der Waals surface area (Å²) in [7, 11) is 0. The van der Waals surface area contributed by atoms with Gasteiger partial charge in [-0.15, -0.1) is 0 Å². The van der Waals surface area contributed by atoms with E-state index >= 15 is 0 Å². The molecule has 5 nitrogen and oxygen atoms in total. The quantitative estimate of drug-likeness (QED) is 0.668. The maximum Gasteiger partial charge on any atom is 0.238 e. The summed E-state index contributed by atoms with van der Waals surface area (Å²) in [6, 6.07) is 5.86. The lowest BCUT2D eigenvalue weighted by molar-refractivity contribution is -0.123. The van der Waals surface area contributed by atoms with E-state index in [4.69, 9.17) is 0 Å². The summed E-state index contributed by atoms with van der Waals surface area (Å²) in [5.74, 6) is 0.0162. The molecule has 0 radical (unpaired) electrons. The Kier molecular flexibility index (Phi) is 3.48. The highest BCUT2D eigenvalue weighted by Gasteiger charge is 2.26. The van der Waals surface area contributed by atoms with Gasteiger partial charge in [-0.3, -0.25) is 15.2 Å². The summed E-state index contributed by atoms with van der Waals surface area (Å²) in [5, 5.41) is 2.86. The molecule has 16 heavy (non-hydrogen) atoms. The predicted molar refractivity (Wildman–Crippen MR) is 60.2 cm³/mol. The highest BCUT2D eigenvalue weighted by atomic mass is 16.2. The second-order valence-electron chi connectivity index (χ2n) is 4.02. The highest BCUT2D eigenvalue weighted by molar-refractivity contribution is 5.81. The largest absolute Gasteiger partial charge is 0.349 e. The van der Waals surface area contributed by atoms with Crippen LogP contribution in [-0.4, -0.2) is 23.0 Å². The fraction of sp³-hybridized carbons (Fsp3) is 0.455. The molecule has 1 amide bonds. The van der Waals surface area contributed by atoms with E-state index in [0.29, 0.717) is 12.6 Å². The van der Waals surface area contributed by atoms with Crippen LogP contribution < -0.4 is 16.2 Å². The minimum absolute atomic E-state index is 0.0162. The van der Waals surface area contributed by atoms with Crippen LogP contribution >= 0.6 is 0 Å². The molecule has 0 bridgehead atoms. The summed E-state index contributed by atoms with van der Waals surface area (Å²) in [5.41, 5.74) is 6.85. The maximum absolute atomic E-state index is 11.7.